The summed E-state index contributed by atoms with van der Waals surface area (Å²) in [4.78, 5) is 8.66. The summed E-state index contributed by atoms with van der Waals surface area (Å²) in [6.07, 6.45) is 2.20. The molecule has 1 aromatic heterocycles. The molecule has 1 aliphatic rings. The van der Waals surface area contributed by atoms with Gasteiger partial charge < -0.3 is 5.32 Å². The van der Waals surface area contributed by atoms with Crippen molar-refractivity contribution in [3.8, 4) is 6.07 Å². The highest BCUT2D eigenvalue weighted by Crippen LogP contribution is 2.39. The molecule has 0 atom stereocenters. The normalized spacial score (nSPS) is 13.8. The zero-order valence-electron chi connectivity index (χ0n) is 10.4. The predicted molar refractivity (Wildman–Crippen MR) is 78.5 cm³/mol. The average molecular weight is 305 g/mol. The topological polar surface area (TPSA) is 61.6 Å². The molecule has 100 valence electrons. The lowest BCUT2D eigenvalue weighted by molar-refractivity contribution is 0.930. The number of rotatable bonds is 3. The van der Waals surface area contributed by atoms with E-state index in [1.54, 1.807) is 24.3 Å². The first kappa shape index (κ1) is 13.2. The molecule has 1 aromatic carbocycles. The summed E-state index contributed by atoms with van der Waals surface area (Å²) >= 11 is 12.0. The number of nitriles is 1. The minimum Gasteiger partial charge on any atom is -0.339 e. The van der Waals surface area contributed by atoms with Crippen molar-refractivity contribution in [2.45, 2.75) is 18.8 Å². The summed E-state index contributed by atoms with van der Waals surface area (Å²) in [5.41, 5.74) is 1.11. The Bertz CT molecular complexity index is 705. The van der Waals surface area contributed by atoms with Crippen LogP contribution >= 0.6 is 23.2 Å². The number of hydrogen-bond donors (Lipinski definition) is 1. The van der Waals surface area contributed by atoms with Gasteiger partial charge in [-0.15, -0.1) is 0 Å². The SMILES string of the molecule is N#Cc1ccc(Cl)cc1Nc1cc(Cl)nc(C2CC2)n1. The highest BCUT2D eigenvalue weighted by molar-refractivity contribution is 6.31. The fourth-order valence-electron chi connectivity index (χ4n) is 1.88. The Kier molecular flexibility index (Phi) is 3.47. The van der Waals surface area contributed by atoms with Crippen LogP contribution in [0.5, 0.6) is 0 Å². The van der Waals surface area contributed by atoms with Gasteiger partial charge in [-0.3, -0.25) is 0 Å². The summed E-state index contributed by atoms with van der Waals surface area (Å²) in [5, 5.41) is 13.1. The van der Waals surface area contributed by atoms with E-state index >= 15 is 0 Å². The zero-order valence-corrected chi connectivity index (χ0v) is 11.9. The molecule has 0 amide bonds. The number of nitrogens with zero attached hydrogens (tertiary/aromatic N) is 3. The third-order valence-corrected chi connectivity index (χ3v) is 3.45. The van der Waals surface area contributed by atoms with Gasteiger partial charge in [0.15, 0.2) is 0 Å². The second-order valence-corrected chi connectivity index (χ2v) is 5.46. The van der Waals surface area contributed by atoms with Crippen LogP contribution in [-0.2, 0) is 0 Å². The quantitative estimate of drug-likeness (QED) is 0.860. The predicted octanol–water partition coefficient (Wildman–Crippen LogP) is 4.28. The molecule has 0 radical (unpaired) electrons. The first-order chi connectivity index (χ1) is 9.65. The van der Waals surface area contributed by atoms with Gasteiger partial charge in [-0.05, 0) is 31.0 Å². The molecule has 1 aliphatic carbocycles. The van der Waals surface area contributed by atoms with Crippen molar-refractivity contribution < 1.29 is 0 Å². The van der Waals surface area contributed by atoms with Crippen LogP contribution in [0.4, 0.5) is 11.5 Å². The Morgan fingerprint density at radius 1 is 1.20 bits per heavy atom. The van der Waals surface area contributed by atoms with Crippen molar-refractivity contribution in [2.24, 2.45) is 0 Å². The third-order valence-electron chi connectivity index (χ3n) is 3.02. The van der Waals surface area contributed by atoms with Crippen molar-refractivity contribution in [3.05, 3.63) is 45.8 Å². The molecule has 0 unspecified atom stereocenters. The lowest BCUT2D eigenvalue weighted by Crippen LogP contribution is -2.00. The van der Waals surface area contributed by atoms with E-state index in [2.05, 4.69) is 21.4 Å². The Hall–Kier alpha value is -1.83. The molecular weight excluding hydrogens is 295 g/mol. The fraction of sp³-hybridized carbons (Fsp3) is 0.214. The number of benzene rings is 1. The lowest BCUT2D eigenvalue weighted by atomic mass is 10.2. The number of hydrogen-bond acceptors (Lipinski definition) is 4. The largest absolute Gasteiger partial charge is 0.339 e. The highest BCUT2D eigenvalue weighted by atomic mass is 35.5. The van der Waals surface area contributed by atoms with Crippen LogP contribution in [-0.4, -0.2) is 9.97 Å². The number of anilines is 2. The van der Waals surface area contributed by atoms with E-state index in [4.69, 9.17) is 28.5 Å². The maximum absolute atomic E-state index is 9.10. The maximum atomic E-state index is 9.10. The van der Waals surface area contributed by atoms with E-state index in [1.165, 1.54) is 0 Å². The van der Waals surface area contributed by atoms with E-state index < -0.39 is 0 Å². The molecule has 1 heterocycles. The standard InChI is InChI=1S/C14H10Cl2N4/c15-10-4-3-9(7-17)11(5-10)18-13-6-12(16)19-14(20-13)8-1-2-8/h3-6,8H,1-2H2,(H,18,19,20). The van der Waals surface area contributed by atoms with Gasteiger partial charge in [0, 0.05) is 17.0 Å². The Morgan fingerprint density at radius 3 is 2.70 bits per heavy atom. The van der Waals surface area contributed by atoms with Crippen molar-refractivity contribution in [2.75, 3.05) is 5.32 Å². The zero-order chi connectivity index (χ0) is 14.1. The smallest absolute Gasteiger partial charge is 0.135 e. The van der Waals surface area contributed by atoms with Gasteiger partial charge in [-0.25, -0.2) is 9.97 Å². The van der Waals surface area contributed by atoms with E-state index in [0.29, 0.717) is 33.2 Å². The minimum atomic E-state index is 0.393. The molecule has 1 fully saturated rings. The van der Waals surface area contributed by atoms with Crippen molar-refractivity contribution >= 4 is 34.7 Å². The molecule has 20 heavy (non-hydrogen) atoms. The van der Waals surface area contributed by atoms with Gasteiger partial charge in [0.2, 0.25) is 0 Å². The monoisotopic (exact) mass is 304 g/mol. The molecule has 6 heteroatoms. The number of aromatic nitrogens is 2. The molecule has 4 nitrogen and oxygen atoms in total. The van der Waals surface area contributed by atoms with Crippen LogP contribution in [0.25, 0.3) is 0 Å². The van der Waals surface area contributed by atoms with Gasteiger partial charge >= 0.3 is 0 Å². The van der Waals surface area contributed by atoms with Crippen molar-refractivity contribution in [3.63, 3.8) is 0 Å². The van der Waals surface area contributed by atoms with Crippen LogP contribution in [0.15, 0.2) is 24.3 Å². The Labute approximate surface area is 126 Å². The molecule has 3 rings (SSSR count). The molecule has 1 N–H and O–H groups in total. The van der Waals surface area contributed by atoms with E-state index in [0.717, 1.165) is 18.7 Å². The minimum absolute atomic E-state index is 0.393. The van der Waals surface area contributed by atoms with Crippen molar-refractivity contribution in [1.29, 1.82) is 5.26 Å². The number of halogens is 2. The van der Waals surface area contributed by atoms with Gasteiger partial charge in [-0.2, -0.15) is 5.26 Å². The number of nitrogens with one attached hydrogen (secondary N) is 1. The van der Waals surface area contributed by atoms with E-state index in [-0.39, 0.29) is 0 Å². The molecule has 0 aliphatic heterocycles. The fourth-order valence-corrected chi connectivity index (χ4v) is 2.24. The molecule has 1 saturated carbocycles. The van der Waals surface area contributed by atoms with E-state index in [1.807, 2.05) is 0 Å². The van der Waals surface area contributed by atoms with Gasteiger partial charge in [0.1, 0.15) is 22.9 Å². The average Bonchev–Trinajstić information content (AvgIpc) is 3.22. The molecule has 2 aromatic rings. The molecular formula is C14H10Cl2N4. The first-order valence-electron chi connectivity index (χ1n) is 6.17. The first-order valence-corrected chi connectivity index (χ1v) is 6.92. The summed E-state index contributed by atoms with van der Waals surface area (Å²) in [7, 11) is 0. The third kappa shape index (κ3) is 2.84. The molecule has 0 bridgehead atoms. The van der Waals surface area contributed by atoms with Crippen LogP contribution in [0.1, 0.15) is 30.1 Å². The lowest BCUT2D eigenvalue weighted by Gasteiger charge is -2.09. The van der Waals surface area contributed by atoms with Crippen LogP contribution in [0, 0.1) is 11.3 Å². The molecule has 0 saturated heterocycles. The Balaban J connectivity index is 1.95. The van der Waals surface area contributed by atoms with Crippen LogP contribution in [0.2, 0.25) is 10.2 Å². The van der Waals surface area contributed by atoms with Crippen molar-refractivity contribution in [1.82, 2.24) is 9.97 Å². The summed E-state index contributed by atoms with van der Waals surface area (Å²) < 4.78 is 0. The highest BCUT2D eigenvalue weighted by Gasteiger charge is 2.27. The van der Waals surface area contributed by atoms with Gasteiger partial charge in [0.05, 0.1) is 11.3 Å². The van der Waals surface area contributed by atoms with Crippen LogP contribution < -0.4 is 5.32 Å². The summed E-state index contributed by atoms with van der Waals surface area (Å²) in [6.45, 7) is 0. The summed E-state index contributed by atoms with van der Waals surface area (Å²) in [6, 6.07) is 8.77. The second kappa shape index (κ2) is 5.28. The van der Waals surface area contributed by atoms with Gasteiger partial charge in [0.25, 0.3) is 0 Å². The van der Waals surface area contributed by atoms with Gasteiger partial charge in [-0.1, -0.05) is 23.2 Å². The molecule has 0 spiro atoms. The summed E-state index contributed by atoms with van der Waals surface area (Å²) in [5.74, 6) is 1.73. The second-order valence-electron chi connectivity index (χ2n) is 4.64. The maximum Gasteiger partial charge on any atom is 0.135 e. The Morgan fingerprint density at radius 2 is 2.00 bits per heavy atom. The van der Waals surface area contributed by atoms with Crippen LogP contribution in [0.3, 0.4) is 0 Å². The van der Waals surface area contributed by atoms with E-state index in [9.17, 15) is 0 Å².